The number of amides is 1. The van der Waals surface area contributed by atoms with E-state index >= 15 is 0 Å². The quantitative estimate of drug-likeness (QED) is 0.746. The number of carbonyl (C=O) groups excluding carboxylic acids is 1. The Hall–Kier alpha value is -2.21. The molecule has 2 heterocycles. The fourth-order valence-electron chi connectivity index (χ4n) is 4.00. The van der Waals surface area contributed by atoms with Gasteiger partial charge < -0.3 is 10.6 Å². The van der Waals surface area contributed by atoms with Crippen molar-refractivity contribution < 1.29 is 9.18 Å². The lowest BCUT2D eigenvalue weighted by Crippen LogP contribution is -2.43. The molecule has 2 saturated heterocycles. The van der Waals surface area contributed by atoms with Gasteiger partial charge in [0, 0.05) is 57.0 Å². The molecule has 2 aliphatic rings. The van der Waals surface area contributed by atoms with Crippen LogP contribution in [0.2, 0.25) is 0 Å². The number of nitrogens with zero attached hydrogens (tertiary/aromatic N) is 3. The van der Waals surface area contributed by atoms with E-state index in [2.05, 4.69) is 11.8 Å². The van der Waals surface area contributed by atoms with Crippen molar-refractivity contribution in [1.82, 2.24) is 9.80 Å². The van der Waals surface area contributed by atoms with Gasteiger partial charge in [-0.1, -0.05) is 19.1 Å². The normalized spacial score (nSPS) is 21.4. The van der Waals surface area contributed by atoms with Gasteiger partial charge in [-0.05, 0) is 49.8 Å². The first kappa shape index (κ1) is 21.5. The number of aliphatic imine (C=N–C) groups is 1. The maximum Gasteiger partial charge on any atom is 0.270 e. The molecule has 0 atom stereocenters. The molecule has 0 spiro atoms. The average Bonchev–Trinajstić information content (AvgIpc) is 2.77. The lowest BCUT2D eigenvalue weighted by molar-refractivity contribution is -0.128. The van der Waals surface area contributed by atoms with Crippen LogP contribution in [0.4, 0.5) is 4.39 Å². The molecule has 0 aromatic heterocycles. The number of rotatable bonds is 6. The third-order valence-corrected chi connectivity index (χ3v) is 5.75. The lowest BCUT2D eigenvalue weighted by Gasteiger charge is -2.32. The lowest BCUT2D eigenvalue weighted by atomic mass is 9.98. The molecule has 2 N–H and O–H groups in total. The maximum absolute atomic E-state index is 13.1. The smallest absolute Gasteiger partial charge is 0.270 e. The Bertz CT molecular complexity index is 751. The number of hydrogen-bond acceptors (Lipinski definition) is 4. The van der Waals surface area contributed by atoms with Gasteiger partial charge in [0.1, 0.15) is 11.5 Å². The summed E-state index contributed by atoms with van der Waals surface area (Å²) >= 11 is 0. The van der Waals surface area contributed by atoms with Crippen LogP contribution < -0.4 is 5.73 Å². The minimum Gasteiger partial charge on any atom is -0.394 e. The van der Waals surface area contributed by atoms with E-state index in [1.54, 1.807) is 0 Å². The van der Waals surface area contributed by atoms with Gasteiger partial charge in [-0.2, -0.15) is 0 Å². The van der Waals surface area contributed by atoms with E-state index in [0.717, 1.165) is 81.7 Å². The first-order valence-electron chi connectivity index (χ1n) is 10.9. The highest BCUT2D eigenvalue weighted by Gasteiger charge is 2.27. The summed E-state index contributed by atoms with van der Waals surface area (Å²) in [6.45, 7) is 6.85. The molecule has 1 amide bonds. The molecule has 0 radical (unpaired) electrons. The van der Waals surface area contributed by atoms with Crippen molar-refractivity contribution in [2.24, 2.45) is 10.7 Å². The van der Waals surface area contributed by atoms with E-state index in [1.165, 1.54) is 18.6 Å². The topological polar surface area (TPSA) is 61.9 Å². The Kier molecular flexibility index (Phi) is 7.81. The van der Waals surface area contributed by atoms with Crippen molar-refractivity contribution in [2.45, 2.75) is 45.4 Å². The van der Waals surface area contributed by atoms with Crippen LogP contribution in [0.1, 0.15) is 44.6 Å². The van der Waals surface area contributed by atoms with Crippen LogP contribution in [0.3, 0.4) is 0 Å². The number of likely N-dealkylation sites (tertiary alicyclic amines) is 2. The number of nitrogens with two attached hydrogens (primary N) is 1. The van der Waals surface area contributed by atoms with Crippen molar-refractivity contribution in [2.75, 3.05) is 39.3 Å². The number of halogens is 1. The van der Waals surface area contributed by atoms with Gasteiger partial charge in [0.25, 0.3) is 5.91 Å². The molecule has 2 fully saturated rings. The predicted molar refractivity (Wildman–Crippen MR) is 115 cm³/mol. The summed E-state index contributed by atoms with van der Waals surface area (Å²) in [7, 11) is 0. The van der Waals surface area contributed by atoms with Gasteiger partial charge in [-0.15, -0.1) is 0 Å². The van der Waals surface area contributed by atoms with Crippen LogP contribution in [0.5, 0.6) is 0 Å². The van der Waals surface area contributed by atoms with Crippen LogP contribution in [0.15, 0.2) is 40.5 Å². The van der Waals surface area contributed by atoms with E-state index in [-0.39, 0.29) is 11.7 Å². The van der Waals surface area contributed by atoms with Crippen molar-refractivity contribution in [3.8, 4) is 0 Å². The molecule has 0 unspecified atom stereocenters. The minimum absolute atomic E-state index is 0.0377. The summed E-state index contributed by atoms with van der Waals surface area (Å²) in [5.41, 5.74) is 9.79. The third kappa shape index (κ3) is 5.89. The summed E-state index contributed by atoms with van der Waals surface area (Å²) in [6, 6.07) is 6.67. The molecule has 0 aliphatic carbocycles. The zero-order valence-corrected chi connectivity index (χ0v) is 17.5. The highest BCUT2D eigenvalue weighted by atomic mass is 19.1. The molecule has 29 heavy (non-hydrogen) atoms. The second kappa shape index (κ2) is 10.5. The van der Waals surface area contributed by atoms with Crippen LogP contribution >= 0.6 is 0 Å². The molecular formula is C23H33FN4O. The number of hydrogen-bond donors (Lipinski definition) is 1. The SMILES string of the molecule is CCCN=C1CCN(CCc2ccc(F)cc2)C/C1=C(/N)C(=O)N1CCCCC1. The van der Waals surface area contributed by atoms with Crippen LogP contribution in [0, 0.1) is 5.82 Å². The van der Waals surface area contributed by atoms with Crippen molar-refractivity contribution in [3.63, 3.8) is 0 Å². The first-order chi connectivity index (χ1) is 14.1. The molecule has 0 saturated carbocycles. The Morgan fingerprint density at radius 2 is 1.86 bits per heavy atom. The molecule has 6 heteroatoms. The first-order valence-corrected chi connectivity index (χ1v) is 10.9. The Balaban J connectivity index is 1.72. The summed E-state index contributed by atoms with van der Waals surface area (Å²) in [5, 5.41) is 0. The van der Waals surface area contributed by atoms with Crippen LogP contribution in [-0.4, -0.2) is 60.7 Å². The van der Waals surface area contributed by atoms with E-state index in [1.807, 2.05) is 17.0 Å². The zero-order chi connectivity index (χ0) is 20.6. The standard InChI is InChI=1S/C23H33FN4O/c1-2-12-26-21-11-16-27(15-10-18-6-8-19(24)9-7-18)17-20(21)22(25)23(29)28-13-4-3-5-14-28/h6-9H,2-5,10-17,25H2,1H3/b22-20-,26-21?. The average molecular weight is 401 g/mol. The Morgan fingerprint density at radius 1 is 1.14 bits per heavy atom. The van der Waals surface area contributed by atoms with Gasteiger partial charge in [0.05, 0.1) is 0 Å². The Morgan fingerprint density at radius 3 is 2.55 bits per heavy atom. The third-order valence-electron chi connectivity index (χ3n) is 5.75. The van der Waals surface area contributed by atoms with Gasteiger partial charge in [0.15, 0.2) is 0 Å². The number of carbonyl (C=O) groups is 1. The maximum atomic E-state index is 13.1. The molecule has 3 rings (SSSR count). The Labute approximate surface area is 173 Å². The summed E-state index contributed by atoms with van der Waals surface area (Å²) < 4.78 is 13.1. The van der Waals surface area contributed by atoms with E-state index < -0.39 is 0 Å². The summed E-state index contributed by atoms with van der Waals surface area (Å²) in [5.74, 6) is -0.248. The molecule has 5 nitrogen and oxygen atoms in total. The monoisotopic (exact) mass is 400 g/mol. The van der Waals surface area contributed by atoms with Gasteiger partial charge in [-0.25, -0.2) is 4.39 Å². The summed E-state index contributed by atoms with van der Waals surface area (Å²) in [6.07, 6.45) is 5.91. The van der Waals surface area contributed by atoms with Crippen molar-refractivity contribution in [1.29, 1.82) is 0 Å². The van der Waals surface area contributed by atoms with Crippen molar-refractivity contribution in [3.05, 3.63) is 46.9 Å². The number of piperidine rings is 2. The van der Waals surface area contributed by atoms with Crippen LogP contribution in [-0.2, 0) is 11.2 Å². The van der Waals surface area contributed by atoms with Gasteiger partial charge >= 0.3 is 0 Å². The second-order valence-electron chi connectivity index (χ2n) is 7.98. The molecule has 158 valence electrons. The minimum atomic E-state index is -0.210. The highest BCUT2D eigenvalue weighted by molar-refractivity contribution is 6.08. The van der Waals surface area contributed by atoms with Gasteiger partial charge in [-0.3, -0.25) is 14.7 Å². The molecule has 1 aromatic carbocycles. The van der Waals surface area contributed by atoms with Crippen molar-refractivity contribution >= 4 is 11.6 Å². The molecule has 0 bridgehead atoms. The predicted octanol–water partition coefficient (Wildman–Crippen LogP) is 3.15. The van der Waals surface area contributed by atoms with E-state index in [4.69, 9.17) is 10.7 Å². The zero-order valence-electron chi connectivity index (χ0n) is 17.5. The van der Waals surface area contributed by atoms with Gasteiger partial charge in [0.2, 0.25) is 0 Å². The fraction of sp³-hybridized carbons (Fsp3) is 0.565. The fourth-order valence-corrected chi connectivity index (χ4v) is 4.00. The molecule has 2 aliphatic heterocycles. The van der Waals surface area contributed by atoms with E-state index in [9.17, 15) is 9.18 Å². The highest BCUT2D eigenvalue weighted by Crippen LogP contribution is 2.19. The molecular weight excluding hydrogens is 367 g/mol. The van der Waals surface area contributed by atoms with Crippen LogP contribution in [0.25, 0.3) is 0 Å². The number of benzene rings is 1. The second-order valence-corrected chi connectivity index (χ2v) is 7.98. The summed E-state index contributed by atoms with van der Waals surface area (Å²) in [4.78, 5) is 21.9. The van der Waals surface area contributed by atoms with E-state index in [0.29, 0.717) is 12.2 Å². The molecule has 1 aromatic rings. The largest absolute Gasteiger partial charge is 0.394 e.